The highest BCUT2D eigenvalue weighted by atomic mass is 32.1. The number of anilines is 3. The smallest absolute Gasteiger partial charge is 0.340 e. The molecule has 1 aromatic heterocycles. The van der Waals surface area contributed by atoms with Crippen molar-refractivity contribution >= 4 is 51.0 Å². The first-order valence-electron chi connectivity index (χ1n) is 10.2. The molecule has 31 heavy (non-hydrogen) atoms. The van der Waals surface area contributed by atoms with E-state index in [0.29, 0.717) is 15.7 Å². The van der Waals surface area contributed by atoms with Gasteiger partial charge in [-0.1, -0.05) is 30.3 Å². The van der Waals surface area contributed by atoms with Crippen LogP contribution in [0.15, 0.2) is 60.7 Å². The highest BCUT2D eigenvalue weighted by Gasteiger charge is 2.18. The van der Waals surface area contributed by atoms with Gasteiger partial charge in [-0.25, -0.2) is 4.79 Å². The molecule has 0 saturated carbocycles. The van der Waals surface area contributed by atoms with Crippen molar-refractivity contribution < 1.29 is 9.53 Å². The standard InChI is InChI=1S/C24H27N3O2S2/c1-4-27(5-2)19-13-11-18(12-14-19)25-24(30)26-22-21(23(28)29-3)16-20(31-22)15-17-9-7-6-8-10-17/h6-14,16H,4-5,15H2,1-3H3,(H2,25,26,30). The maximum absolute atomic E-state index is 12.3. The van der Waals surface area contributed by atoms with Gasteiger partial charge in [0.1, 0.15) is 5.00 Å². The summed E-state index contributed by atoms with van der Waals surface area (Å²) in [7, 11) is 1.38. The summed E-state index contributed by atoms with van der Waals surface area (Å²) in [6, 6.07) is 20.1. The first-order chi connectivity index (χ1) is 15.0. The SMILES string of the molecule is CCN(CC)c1ccc(NC(=S)Nc2sc(Cc3ccccc3)cc2C(=O)OC)cc1. The van der Waals surface area contributed by atoms with Crippen LogP contribution in [0.5, 0.6) is 0 Å². The Balaban J connectivity index is 1.71. The zero-order chi connectivity index (χ0) is 22.2. The van der Waals surface area contributed by atoms with Crippen LogP contribution in [-0.2, 0) is 11.2 Å². The van der Waals surface area contributed by atoms with Crippen molar-refractivity contribution in [3.05, 3.63) is 76.7 Å². The monoisotopic (exact) mass is 453 g/mol. The molecule has 2 aromatic carbocycles. The Morgan fingerprint density at radius 2 is 1.71 bits per heavy atom. The van der Waals surface area contributed by atoms with E-state index in [0.717, 1.165) is 30.1 Å². The zero-order valence-corrected chi connectivity index (χ0v) is 19.6. The maximum Gasteiger partial charge on any atom is 0.340 e. The van der Waals surface area contributed by atoms with Crippen LogP contribution in [0.1, 0.15) is 34.6 Å². The lowest BCUT2D eigenvalue weighted by atomic mass is 10.1. The Bertz CT molecular complexity index is 1010. The number of thiocarbonyl (C=S) groups is 1. The molecule has 0 atom stereocenters. The largest absolute Gasteiger partial charge is 0.465 e. The van der Waals surface area contributed by atoms with Gasteiger partial charge in [0.2, 0.25) is 0 Å². The van der Waals surface area contributed by atoms with Crippen molar-refractivity contribution in [2.24, 2.45) is 0 Å². The van der Waals surface area contributed by atoms with E-state index in [4.69, 9.17) is 17.0 Å². The van der Waals surface area contributed by atoms with Gasteiger partial charge < -0.3 is 20.3 Å². The van der Waals surface area contributed by atoms with Gasteiger partial charge in [0.15, 0.2) is 5.11 Å². The number of carbonyl (C=O) groups excluding carboxylic acids is 1. The van der Waals surface area contributed by atoms with Gasteiger partial charge in [0, 0.05) is 35.8 Å². The van der Waals surface area contributed by atoms with Crippen LogP contribution in [0, 0.1) is 0 Å². The number of nitrogens with zero attached hydrogens (tertiary/aromatic N) is 1. The lowest BCUT2D eigenvalue weighted by Gasteiger charge is -2.21. The first-order valence-corrected chi connectivity index (χ1v) is 11.4. The average Bonchev–Trinajstić information content (AvgIpc) is 3.17. The van der Waals surface area contributed by atoms with E-state index in [2.05, 4.69) is 53.6 Å². The number of methoxy groups -OCH3 is 1. The molecule has 0 amide bonds. The van der Waals surface area contributed by atoms with Crippen molar-refractivity contribution in [2.45, 2.75) is 20.3 Å². The Labute approximate surface area is 193 Å². The van der Waals surface area contributed by atoms with E-state index < -0.39 is 0 Å². The predicted octanol–water partition coefficient (Wildman–Crippen LogP) is 5.78. The quantitative estimate of drug-likeness (QED) is 0.333. The number of hydrogen-bond donors (Lipinski definition) is 2. The second-order valence-corrected chi connectivity index (χ2v) is 8.45. The van der Waals surface area contributed by atoms with Gasteiger partial charge in [-0.05, 0) is 62.0 Å². The molecule has 3 aromatic rings. The van der Waals surface area contributed by atoms with Crippen LogP contribution in [0.3, 0.4) is 0 Å². The molecule has 162 valence electrons. The molecular formula is C24H27N3O2S2. The zero-order valence-electron chi connectivity index (χ0n) is 18.0. The molecule has 7 heteroatoms. The number of nitrogens with one attached hydrogen (secondary N) is 2. The maximum atomic E-state index is 12.3. The fourth-order valence-corrected chi connectivity index (χ4v) is 4.66. The molecule has 1 heterocycles. The van der Waals surface area contributed by atoms with Gasteiger partial charge >= 0.3 is 5.97 Å². The van der Waals surface area contributed by atoms with E-state index in [1.807, 2.05) is 36.4 Å². The summed E-state index contributed by atoms with van der Waals surface area (Å²) in [6.07, 6.45) is 0.740. The number of rotatable bonds is 8. The topological polar surface area (TPSA) is 53.6 Å². The molecule has 0 fully saturated rings. The average molecular weight is 454 g/mol. The highest BCUT2D eigenvalue weighted by Crippen LogP contribution is 2.31. The minimum absolute atomic E-state index is 0.385. The second kappa shape index (κ2) is 10.9. The molecule has 2 N–H and O–H groups in total. The van der Waals surface area contributed by atoms with E-state index in [9.17, 15) is 4.79 Å². The van der Waals surface area contributed by atoms with Crippen LogP contribution >= 0.6 is 23.6 Å². The number of esters is 1. The number of ether oxygens (including phenoxy) is 1. The van der Waals surface area contributed by atoms with Crippen molar-refractivity contribution in [1.82, 2.24) is 0 Å². The van der Waals surface area contributed by atoms with Gasteiger partial charge in [0.25, 0.3) is 0 Å². The molecule has 3 rings (SSSR count). The minimum Gasteiger partial charge on any atom is -0.465 e. The van der Waals surface area contributed by atoms with Crippen molar-refractivity contribution in [2.75, 3.05) is 35.7 Å². The normalized spacial score (nSPS) is 10.4. The Hall–Kier alpha value is -2.90. The molecule has 0 aliphatic heterocycles. The summed E-state index contributed by atoms with van der Waals surface area (Å²) in [5, 5.41) is 7.46. The molecule has 0 spiro atoms. The summed E-state index contributed by atoms with van der Waals surface area (Å²) in [6.45, 7) is 6.20. The molecular weight excluding hydrogens is 426 g/mol. The third-order valence-electron chi connectivity index (χ3n) is 4.89. The third kappa shape index (κ3) is 6.06. The predicted molar refractivity (Wildman–Crippen MR) is 135 cm³/mol. The highest BCUT2D eigenvalue weighted by molar-refractivity contribution is 7.80. The van der Waals surface area contributed by atoms with Crippen LogP contribution < -0.4 is 15.5 Å². The molecule has 0 saturated heterocycles. The number of hydrogen-bond acceptors (Lipinski definition) is 5. The molecule has 0 aliphatic carbocycles. The molecule has 5 nitrogen and oxygen atoms in total. The lowest BCUT2D eigenvalue weighted by molar-refractivity contribution is 0.0602. The van der Waals surface area contributed by atoms with Crippen LogP contribution in [0.2, 0.25) is 0 Å². The van der Waals surface area contributed by atoms with Crippen LogP contribution in [-0.4, -0.2) is 31.3 Å². The van der Waals surface area contributed by atoms with E-state index in [-0.39, 0.29) is 5.97 Å². The van der Waals surface area contributed by atoms with Crippen molar-refractivity contribution in [3.8, 4) is 0 Å². The van der Waals surface area contributed by atoms with Gasteiger partial charge in [0.05, 0.1) is 12.7 Å². The second-order valence-electron chi connectivity index (χ2n) is 6.91. The molecule has 0 aliphatic rings. The van der Waals surface area contributed by atoms with Crippen molar-refractivity contribution in [1.29, 1.82) is 0 Å². The van der Waals surface area contributed by atoms with Crippen molar-refractivity contribution in [3.63, 3.8) is 0 Å². The first kappa shape index (κ1) is 22.8. The van der Waals surface area contributed by atoms with E-state index in [1.165, 1.54) is 29.7 Å². The Kier molecular flexibility index (Phi) is 8.03. The Morgan fingerprint density at radius 1 is 1.03 bits per heavy atom. The summed E-state index contributed by atoms with van der Waals surface area (Å²) in [5.41, 5.74) is 3.72. The van der Waals surface area contributed by atoms with Gasteiger partial charge in [-0.15, -0.1) is 11.3 Å². The fourth-order valence-electron chi connectivity index (χ4n) is 3.29. The summed E-state index contributed by atoms with van der Waals surface area (Å²) >= 11 is 6.99. The molecule has 0 unspecified atom stereocenters. The lowest BCUT2D eigenvalue weighted by Crippen LogP contribution is -2.22. The van der Waals surface area contributed by atoms with Crippen LogP contribution in [0.4, 0.5) is 16.4 Å². The molecule has 0 bridgehead atoms. The number of benzene rings is 2. The van der Waals surface area contributed by atoms with Crippen LogP contribution in [0.25, 0.3) is 0 Å². The van der Waals surface area contributed by atoms with Gasteiger partial charge in [-0.2, -0.15) is 0 Å². The van der Waals surface area contributed by atoms with Gasteiger partial charge in [-0.3, -0.25) is 0 Å². The number of carbonyl (C=O) groups is 1. The molecule has 0 radical (unpaired) electrons. The minimum atomic E-state index is -0.385. The van der Waals surface area contributed by atoms with E-state index >= 15 is 0 Å². The van der Waals surface area contributed by atoms with E-state index in [1.54, 1.807) is 0 Å². The fraction of sp³-hybridized carbons (Fsp3) is 0.250. The summed E-state index contributed by atoms with van der Waals surface area (Å²) < 4.78 is 4.96. The number of thiophene rings is 1. The third-order valence-corrected chi connectivity index (χ3v) is 6.15. The summed E-state index contributed by atoms with van der Waals surface area (Å²) in [5.74, 6) is -0.385. The summed E-state index contributed by atoms with van der Waals surface area (Å²) in [4.78, 5) is 15.6. The Morgan fingerprint density at radius 3 is 2.32 bits per heavy atom.